The third-order valence-corrected chi connectivity index (χ3v) is 3.70. The maximum Gasteiger partial charge on any atom is 0.221 e. The van der Waals surface area contributed by atoms with E-state index in [9.17, 15) is 9.90 Å². The molecule has 4 nitrogen and oxygen atoms in total. The Kier molecular flexibility index (Phi) is 6.29. The largest absolute Gasteiger partial charge is 0.467 e. The van der Waals surface area contributed by atoms with Crippen LogP contribution in [-0.4, -0.2) is 28.6 Å². The van der Waals surface area contributed by atoms with E-state index in [0.717, 1.165) is 0 Å². The number of aliphatic hydroxyl groups is 1. The summed E-state index contributed by atoms with van der Waals surface area (Å²) >= 11 is 1.67. The number of carbonyl (C=O) groups is 1. The molecule has 3 atom stereocenters. The van der Waals surface area contributed by atoms with Gasteiger partial charge in [0.25, 0.3) is 0 Å². The van der Waals surface area contributed by atoms with E-state index in [0.29, 0.717) is 23.9 Å². The van der Waals surface area contributed by atoms with Gasteiger partial charge in [-0.25, -0.2) is 0 Å². The SMILES string of the molecule is CSC(C)CC(=O)NC(C)CC(O)c1ccco1. The quantitative estimate of drug-likeness (QED) is 0.799. The first-order chi connectivity index (χ1) is 8.52. The molecule has 0 saturated carbocycles. The molecule has 3 unspecified atom stereocenters. The summed E-state index contributed by atoms with van der Waals surface area (Å²) in [7, 11) is 0. The third-order valence-electron chi connectivity index (χ3n) is 2.73. The van der Waals surface area contributed by atoms with Crippen molar-refractivity contribution in [3.05, 3.63) is 24.2 Å². The van der Waals surface area contributed by atoms with Gasteiger partial charge in [-0.05, 0) is 25.3 Å². The molecule has 102 valence electrons. The molecule has 1 heterocycles. The first kappa shape index (κ1) is 15.1. The topological polar surface area (TPSA) is 62.5 Å². The summed E-state index contributed by atoms with van der Waals surface area (Å²) in [6.07, 6.45) is 3.80. The van der Waals surface area contributed by atoms with Crippen molar-refractivity contribution in [2.24, 2.45) is 0 Å². The normalized spacial score (nSPS) is 16.0. The highest BCUT2D eigenvalue weighted by Gasteiger charge is 2.17. The Morgan fingerprint density at radius 3 is 2.83 bits per heavy atom. The van der Waals surface area contributed by atoms with Gasteiger partial charge in [-0.2, -0.15) is 11.8 Å². The van der Waals surface area contributed by atoms with Gasteiger partial charge in [0.2, 0.25) is 5.91 Å². The molecule has 0 fully saturated rings. The second kappa shape index (κ2) is 7.48. The number of nitrogens with one attached hydrogen (secondary N) is 1. The fourth-order valence-corrected chi connectivity index (χ4v) is 1.99. The minimum atomic E-state index is -0.673. The molecule has 1 amide bonds. The van der Waals surface area contributed by atoms with Crippen molar-refractivity contribution in [2.45, 2.75) is 44.1 Å². The maximum atomic E-state index is 11.7. The Labute approximate surface area is 112 Å². The van der Waals surface area contributed by atoms with Crippen molar-refractivity contribution in [3.63, 3.8) is 0 Å². The molecule has 0 bridgehead atoms. The predicted octanol–water partition coefficient (Wildman–Crippen LogP) is 2.35. The number of amides is 1. The smallest absolute Gasteiger partial charge is 0.221 e. The average Bonchev–Trinajstić information content (AvgIpc) is 2.81. The Morgan fingerprint density at radius 1 is 1.56 bits per heavy atom. The first-order valence-corrected chi connectivity index (χ1v) is 7.35. The van der Waals surface area contributed by atoms with Crippen LogP contribution in [0.4, 0.5) is 0 Å². The van der Waals surface area contributed by atoms with Gasteiger partial charge in [-0.1, -0.05) is 6.92 Å². The number of rotatable bonds is 7. The summed E-state index contributed by atoms with van der Waals surface area (Å²) in [5, 5.41) is 13.1. The minimum absolute atomic E-state index is 0.0241. The van der Waals surface area contributed by atoms with E-state index in [1.807, 2.05) is 20.1 Å². The van der Waals surface area contributed by atoms with Gasteiger partial charge in [-0.15, -0.1) is 0 Å². The zero-order valence-corrected chi connectivity index (χ0v) is 11.9. The van der Waals surface area contributed by atoms with Crippen LogP contribution in [0.1, 0.15) is 38.6 Å². The van der Waals surface area contributed by atoms with Crippen LogP contribution >= 0.6 is 11.8 Å². The van der Waals surface area contributed by atoms with E-state index < -0.39 is 6.10 Å². The molecule has 2 N–H and O–H groups in total. The van der Waals surface area contributed by atoms with Crippen molar-refractivity contribution >= 4 is 17.7 Å². The molecular formula is C13H21NO3S. The highest BCUT2D eigenvalue weighted by atomic mass is 32.2. The van der Waals surface area contributed by atoms with E-state index in [-0.39, 0.29) is 11.9 Å². The summed E-state index contributed by atoms with van der Waals surface area (Å²) < 4.78 is 5.12. The molecule has 18 heavy (non-hydrogen) atoms. The molecule has 0 aliphatic rings. The zero-order chi connectivity index (χ0) is 13.5. The molecule has 0 aromatic carbocycles. The van der Waals surface area contributed by atoms with Crippen LogP contribution in [0.25, 0.3) is 0 Å². The average molecular weight is 271 g/mol. The van der Waals surface area contributed by atoms with Gasteiger partial charge in [0.15, 0.2) is 0 Å². The van der Waals surface area contributed by atoms with Crippen LogP contribution in [0.3, 0.4) is 0 Å². The fourth-order valence-electron chi connectivity index (χ4n) is 1.67. The van der Waals surface area contributed by atoms with Gasteiger partial charge < -0.3 is 14.8 Å². The zero-order valence-electron chi connectivity index (χ0n) is 11.1. The number of thioether (sulfide) groups is 1. The van der Waals surface area contributed by atoms with Crippen molar-refractivity contribution in [2.75, 3.05) is 6.26 Å². The maximum absolute atomic E-state index is 11.7. The summed E-state index contributed by atoms with van der Waals surface area (Å²) in [6.45, 7) is 3.90. The molecule has 1 aromatic rings. The number of carbonyl (C=O) groups excluding carboxylic acids is 1. The lowest BCUT2D eigenvalue weighted by atomic mass is 10.1. The second-order valence-corrected chi connectivity index (χ2v) is 5.76. The van der Waals surface area contributed by atoms with Gasteiger partial charge in [-0.3, -0.25) is 4.79 Å². The van der Waals surface area contributed by atoms with Gasteiger partial charge in [0, 0.05) is 24.1 Å². The Balaban J connectivity index is 2.33. The molecular weight excluding hydrogens is 250 g/mol. The number of hydrogen-bond acceptors (Lipinski definition) is 4. The van der Waals surface area contributed by atoms with E-state index >= 15 is 0 Å². The van der Waals surface area contributed by atoms with Crippen molar-refractivity contribution in [1.29, 1.82) is 0 Å². The van der Waals surface area contributed by atoms with Gasteiger partial charge >= 0.3 is 0 Å². The summed E-state index contributed by atoms with van der Waals surface area (Å²) in [6, 6.07) is 3.39. The van der Waals surface area contributed by atoms with Crippen LogP contribution < -0.4 is 5.32 Å². The molecule has 0 aliphatic carbocycles. The molecule has 1 aromatic heterocycles. The second-order valence-electron chi connectivity index (χ2n) is 4.49. The highest BCUT2D eigenvalue weighted by molar-refractivity contribution is 7.99. The Morgan fingerprint density at radius 2 is 2.28 bits per heavy atom. The standard InChI is InChI=1S/C13H21NO3S/c1-9(14-13(16)8-10(2)18-3)7-11(15)12-5-4-6-17-12/h4-6,9-11,15H,7-8H2,1-3H3,(H,14,16). The van der Waals surface area contributed by atoms with Crippen LogP contribution in [0.15, 0.2) is 22.8 Å². The highest BCUT2D eigenvalue weighted by Crippen LogP contribution is 2.18. The van der Waals surface area contributed by atoms with Crippen LogP contribution in [0, 0.1) is 0 Å². The monoisotopic (exact) mass is 271 g/mol. The van der Waals surface area contributed by atoms with Crippen molar-refractivity contribution in [3.8, 4) is 0 Å². The van der Waals surface area contributed by atoms with Crippen LogP contribution in [-0.2, 0) is 4.79 Å². The van der Waals surface area contributed by atoms with Crippen LogP contribution in [0.2, 0.25) is 0 Å². The van der Waals surface area contributed by atoms with E-state index in [1.165, 1.54) is 6.26 Å². The van der Waals surface area contributed by atoms with E-state index in [4.69, 9.17) is 4.42 Å². The molecule has 0 spiro atoms. The predicted molar refractivity (Wildman–Crippen MR) is 73.5 cm³/mol. The molecule has 0 radical (unpaired) electrons. The lowest BCUT2D eigenvalue weighted by Gasteiger charge is -2.17. The van der Waals surface area contributed by atoms with Gasteiger partial charge in [0.1, 0.15) is 11.9 Å². The number of hydrogen-bond donors (Lipinski definition) is 2. The number of furan rings is 1. The van der Waals surface area contributed by atoms with Crippen molar-refractivity contribution in [1.82, 2.24) is 5.32 Å². The molecule has 0 aliphatic heterocycles. The fraction of sp³-hybridized carbons (Fsp3) is 0.615. The number of aliphatic hydroxyl groups excluding tert-OH is 1. The summed E-state index contributed by atoms with van der Waals surface area (Å²) in [4.78, 5) is 11.7. The summed E-state index contributed by atoms with van der Waals surface area (Å²) in [5.41, 5.74) is 0. The third kappa shape index (κ3) is 5.14. The van der Waals surface area contributed by atoms with E-state index in [1.54, 1.807) is 23.9 Å². The lowest BCUT2D eigenvalue weighted by Crippen LogP contribution is -2.34. The minimum Gasteiger partial charge on any atom is -0.467 e. The first-order valence-electron chi connectivity index (χ1n) is 6.06. The van der Waals surface area contributed by atoms with Gasteiger partial charge in [0.05, 0.1) is 6.26 Å². The van der Waals surface area contributed by atoms with Crippen molar-refractivity contribution < 1.29 is 14.3 Å². The van der Waals surface area contributed by atoms with E-state index in [2.05, 4.69) is 5.32 Å². The molecule has 5 heteroatoms. The summed E-state index contributed by atoms with van der Waals surface area (Å²) in [5.74, 6) is 0.560. The Bertz CT molecular complexity index is 353. The Hall–Kier alpha value is -0.940. The van der Waals surface area contributed by atoms with Crippen LogP contribution in [0.5, 0.6) is 0 Å². The molecule has 0 saturated heterocycles. The lowest BCUT2D eigenvalue weighted by molar-refractivity contribution is -0.121. The molecule has 1 rings (SSSR count).